The van der Waals surface area contributed by atoms with E-state index in [-0.39, 0.29) is 13.2 Å². The van der Waals surface area contributed by atoms with Crippen molar-refractivity contribution >= 4 is 0 Å². The number of aliphatic hydroxyl groups is 5. The molecular weight excluding hydrogens is 288 g/mol. The molecule has 0 radical (unpaired) electrons. The second-order valence-corrected chi connectivity index (χ2v) is 5.54. The summed E-state index contributed by atoms with van der Waals surface area (Å²) >= 11 is 0. The normalized spacial score (nSPS) is 53.9. The van der Waals surface area contributed by atoms with E-state index in [4.69, 9.17) is 24.1 Å². The van der Waals surface area contributed by atoms with Gasteiger partial charge >= 0.3 is 0 Å². The van der Waals surface area contributed by atoms with Crippen molar-refractivity contribution in [1.82, 2.24) is 0 Å². The van der Waals surface area contributed by atoms with E-state index in [1.807, 2.05) is 0 Å². The summed E-state index contributed by atoms with van der Waals surface area (Å²) in [6.07, 6.45) is -9.23. The fourth-order valence-corrected chi connectivity index (χ4v) is 2.90. The van der Waals surface area contributed by atoms with Gasteiger partial charge in [0.05, 0.1) is 19.8 Å². The third kappa shape index (κ3) is 2.69. The van der Waals surface area contributed by atoms with Crippen molar-refractivity contribution in [2.45, 2.75) is 55.1 Å². The van der Waals surface area contributed by atoms with Crippen LogP contribution >= 0.6 is 0 Å². The highest BCUT2D eigenvalue weighted by Gasteiger charge is 2.51. The maximum atomic E-state index is 9.92. The molecule has 2 bridgehead atoms. The molecule has 3 aliphatic rings. The molecule has 9 heteroatoms. The molecule has 9 atom stereocenters. The number of hydrogen-bond donors (Lipinski definition) is 5. The van der Waals surface area contributed by atoms with Gasteiger partial charge in [-0.25, -0.2) is 0 Å². The van der Waals surface area contributed by atoms with Crippen LogP contribution in [0.3, 0.4) is 0 Å². The Morgan fingerprint density at radius 3 is 2.43 bits per heavy atom. The van der Waals surface area contributed by atoms with Crippen molar-refractivity contribution in [3.05, 3.63) is 0 Å². The maximum Gasteiger partial charge on any atom is 0.187 e. The third-order valence-electron chi connectivity index (χ3n) is 4.14. The SMILES string of the molecule is OC[C@H]1O[C@@H](O[C@H]2[C@H]3OC[C@@H]2OC[C@H]3O)[C@H](O)C(O)[C@H]1O. The molecule has 0 saturated carbocycles. The van der Waals surface area contributed by atoms with Gasteiger partial charge in [-0.3, -0.25) is 0 Å². The quantitative estimate of drug-likeness (QED) is 0.357. The Hall–Kier alpha value is -0.360. The summed E-state index contributed by atoms with van der Waals surface area (Å²) in [6.45, 7) is -0.133. The highest BCUT2D eigenvalue weighted by atomic mass is 16.7. The van der Waals surface area contributed by atoms with Crippen molar-refractivity contribution in [1.29, 1.82) is 0 Å². The summed E-state index contributed by atoms with van der Waals surface area (Å²) in [4.78, 5) is 0. The van der Waals surface area contributed by atoms with Crippen LogP contribution in [0.25, 0.3) is 0 Å². The standard InChI is InChI=1S/C12H20O9/c13-1-5-7(15)8(16)9(17)12(20-5)21-11-6-3-19-10(11)4(14)2-18-6/h4-17H,1-3H2/t4-,5-,6+,7+,8?,9-,10+,11-,12+/m1/s1. The molecule has 3 heterocycles. The number of aliphatic hydroxyl groups excluding tert-OH is 5. The lowest BCUT2D eigenvalue weighted by Gasteiger charge is -2.42. The monoisotopic (exact) mass is 308 g/mol. The first kappa shape index (κ1) is 15.5. The van der Waals surface area contributed by atoms with E-state index in [0.717, 1.165) is 0 Å². The summed E-state index contributed by atoms with van der Waals surface area (Å²) in [5.74, 6) is 0. The van der Waals surface area contributed by atoms with E-state index in [2.05, 4.69) is 0 Å². The minimum atomic E-state index is -1.51. The van der Waals surface area contributed by atoms with E-state index in [0.29, 0.717) is 0 Å². The maximum absolute atomic E-state index is 9.92. The van der Waals surface area contributed by atoms with Gasteiger partial charge in [-0.1, -0.05) is 0 Å². The molecule has 5 N–H and O–H groups in total. The number of ether oxygens (including phenoxy) is 4. The smallest absolute Gasteiger partial charge is 0.187 e. The van der Waals surface area contributed by atoms with E-state index in [1.54, 1.807) is 0 Å². The Kier molecular flexibility index (Phi) is 4.46. The first-order valence-electron chi connectivity index (χ1n) is 6.90. The molecule has 3 rings (SSSR count). The van der Waals surface area contributed by atoms with E-state index in [9.17, 15) is 20.4 Å². The topological polar surface area (TPSA) is 138 Å². The fourth-order valence-electron chi connectivity index (χ4n) is 2.90. The van der Waals surface area contributed by atoms with Crippen LogP contribution in [-0.2, 0) is 18.9 Å². The summed E-state index contributed by atoms with van der Waals surface area (Å²) in [7, 11) is 0. The first-order valence-corrected chi connectivity index (χ1v) is 6.90. The zero-order valence-corrected chi connectivity index (χ0v) is 11.2. The lowest BCUT2D eigenvalue weighted by Crippen LogP contribution is -2.61. The van der Waals surface area contributed by atoms with Gasteiger partial charge < -0.3 is 44.5 Å². The molecule has 21 heavy (non-hydrogen) atoms. The van der Waals surface area contributed by atoms with E-state index in [1.165, 1.54) is 0 Å². The summed E-state index contributed by atoms with van der Waals surface area (Å²) in [5, 5.41) is 48.3. The fraction of sp³-hybridized carbons (Fsp3) is 1.00. The number of hydrogen-bond acceptors (Lipinski definition) is 9. The lowest BCUT2D eigenvalue weighted by atomic mass is 9.98. The molecule has 0 amide bonds. The highest BCUT2D eigenvalue weighted by molar-refractivity contribution is 4.96. The summed E-state index contributed by atoms with van der Waals surface area (Å²) in [6, 6.07) is 0. The Balaban J connectivity index is 1.69. The second kappa shape index (κ2) is 6.03. The van der Waals surface area contributed by atoms with Gasteiger partial charge in [-0.2, -0.15) is 0 Å². The molecule has 0 aromatic carbocycles. The molecular formula is C12H20O9. The van der Waals surface area contributed by atoms with Crippen LogP contribution in [0.1, 0.15) is 0 Å². The largest absolute Gasteiger partial charge is 0.394 e. The average molecular weight is 308 g/mol. The van der Waals surface area contributed by atoms with Crippen molar-refractivity contribution in [2.75, 3.05) is 19.8 Å². The van der Waals surface area contributed by atoms with Gasteiger partial charge in [0.15, 0.2) is 6.29 Å². The van der Waals surface area contributed by atoms with Gasteiger partial charge in [-0.15, -0.1) is 0 Å². The first-order chi connectivity index (χ1) is 10.0. The van der Waals surface area contributed by atoms with Crippen LogP contribution in [0, 0.1) is 0 Å². The molecule has 3 aliphatic heterocycles. The predicted octanol–water partition coefficient (Wildman–Crippen LogP) is -3.67. The van der Waals surface area contributed by atoms with E-state index < -0.39 is 61.7 Å². The van der Waals surface area contributed by atoms with Gasteiger partial charge in [0.2, 0.25) is 0 Å². The Labute approximate surface area is 120 Å². The molecule has 0 aromatic rings. The predicted molar refractivity (Wildman–Crippen MR) is 64.1 cm³/mol. The van der Waals surface area contributed by atoms with Crippen LogP contribution in [0.2, 0.25) is 0 Å². The van der Waals surface area contributed by atoms with Crippen LogP contribution < -0.4 is 0 Å². The zero-order valence-electron chi connectivity index (χ0n) is 11.2. The average Bonchev–Trinajstić information content (AvgIpc) is 2.77. The molecule has 122 valence electrons. The molecule has 0 spiro atoms. The molecule has 9 nitrogen and oxygen atoms in total. The number of fused-ring (bicyclic) bond motifs is 2. The van der Waals surface area contributed by atoms with Crippen molar-refractivity contribution in [3.63, 3.8) is 0 Å². The molecule has 0 aliphatic carbocycles. The Bertz CT molecular complexity index is 365. The lowest BCUT2D eigenvalue weighted by molar-refractivity contribution is -0.325. The molecule has 1 unspecified atom stereocenters. The van der Waals surface area contributed by atoms with Crippen molar-refractivity contribution < 1.29 is 44.5 Å². The van der Waals surface area contributed by atoms with Gasteiger partial charge in [0.1, 0.15) is 48.8 Å². The third-order valence-corrected chi connectivity index (χ3v) is 4.14. The molecule has 0 aromatic heterocycles. The molecule has 3 fully saturated rings. The second-order valence-electron chi connectivity index (χ2n) is 5.54. The van der Waals surface area contributed by atoms with Crippen LogP contribution in [0.5, 0.6) is 0 Å². The summed E-state index contributed by atoms with van der Waals surface area (Å²) in [5.41, 5.74) is 0. The van der Waals surface area contributed by atoms with Gasteiger partial charge in [0, 0.05) is 0 Å². The van der Waals surface area contributed by atoms with Crippen LogP contribution in [-0.4, -0.2) is 100 Å². The van der Waals surface area contributed by atoms with Gasteiger partial charge in [-0.05, 0) is 0 Å². The minimum absolute atomic E-state index is 0.143. The van der Waals surface area contributed by atoms with E-state index >= 15 is 0 Å². The Morgan fingerprint density at radius 1 is 0.952 bits per heavy atom. The molecule has 3 saturated heterocycles. The van der Waals surface area contributed by atoms with Crippen LogP contribution in [0.4, 0.5) is 0 Å². The van der Waals surface area contributed by atoms with Crippen molar-refractivity contribution in [3.8, 4) is 0 Å². The zero-order chi connectivity index (χ0) is 15.1. The minimum Gasteiger partial charge on any atom is -0.394 e. The van der Waals surface area contributed by atoms with Crippen molar-refractivity contribution in [2.24, 2.45) is 0 Å². The highest BCUT2D eigenvalue weighted by Crippen LogP contribution is 2.32. The van der Waals surface area contributed by atoms with Crippen LogP contribution in [0.15, 0.2) is 0 Å². The number of rotatable bonds is 3. The summed E-state index contributed by atoms with van der Waals surface area (Å²) < 4.78 is 21.6. The Morgan fingerprint density at radius 2 is 1.71 bits per heavy atom. The van der Waals surface area contributed by atoms with Gasteiger partial charge in [0.25, 0.3) is 0 Å².